The van der Waals surface area contributed by atoms with Crippen LogP contribution in [0, 0.1) is 5.92 Å². The van der Waals surface area contributed by atoms with Crippen LogP contribution in [-0.2, 0) is 0 Å². The Morgan fingerprint density at radius 3 is 2.87 bits per heavy atom. The summed E-state index contributed by atoms with van der Waals surface area (Å²) in [5.74, 6) is 2.51. The summed E-state index contributed by atoms with van der Waals surface area (Å²) in [5, 5.41) is 17.3. The number of rotatable bonds is 5. The second kappa shape index (κ2) is 4.92. The molecule has 1 aromatic rings. The van der Waals surface area contributed by atoms with E-state index in [9.17, 15) is 0 Å². The van der Waals surface area contributed by atoms with Crippen LogP contribution in [0.5, 0.6) is 5.75 Å². The van der Waals surface area contributed by atoms with Crippen molar-refractivity contribution in [1.82, 2.24) is 0 Å². The molecule has 0 spiro atoms. The van der Waals surface area contributed by atoms with Crippen LogP contribution in [-0.4, -0.2) is 23.1 Å². The van der Waals surface area contributed by atoms with Gasteiger partial charge in [-0.1, -0.05) is 6.07 Å². The minimum absolute atomic E-state index is 0.491. The molecule has 0 bridgehead atoms. The summed E-state index contributed by atoms with van der Waals surface area (Å²) >= 11 is 1.79. The molecule has 15 heavy (non-hydrogen) atoms. The maximum Gasteiger partial charge on any atom is 0.707 e. The van der Waals surface area contributed by atoms with Crippen molar-refractivity contribution in [2.75, 3.05) is 5.75 Å². The van der Waals surface area contributed by atoms with Crippen LogP contribution < -0.4 is 4.65 Å². The summed E-state index contributed by atoms with van der Waals surface area (Å²) in [6.45, 7) is 0. The highest BCUT2D eigenvalue weighted by atomic mass is 32.2. The third-order valence-corrected chi connectivity index (χ3v) is 3.45. The van der Waals surface area contributed by atoms with Gasteiger partial charge in [-0.25, -0.2) is 0 Å². The van der Waals surface area contributed by atoms with Crippen molar-refractivity contribution in [1.29, 1.82) is 0 Å². The Labute approximate surface area is 93.6 Å². The van der Waals surface area contributed by atoms with Gasteiger partial charge in [0.05, 0.1) is 0 Å². The third-order valence-electron chi connectivity index (χ3n) is 2.23. The first-order chi connectivity index (χ1) is 7.24. The fourth-order valence-electron chi connectivity index (χ4n) is 1.26. The van der Waals surface area contributed by atoms with Crippen molar-refractivity contribution < 1.29 is 14.7 Å². The predicted octanol–water partition coefficient (Wildman–Crippen LogP) is 1.54. The zero-order valence-corrected chi connectivity index (χ0v) is 9.11. The van der Waals surface area contributed by atoms with Crippen LogP contribution in [0.2, 0.25) is 0 Å². The van der Waals surface area contributed by atoms with Gasteiger partial charge in [0.25, 0.3) is 0 Å². The fourth-order valence-corrected chi connectivity index (χ4v) is 2.39. The van der Waals surface area contributed by atoms with Gasteiger partial charge in [-0.15, -0.1) is 11.8 Å². The number of hydrogen-bond acceptors (Lipinski definition) is 4. The highest BCUT2D eigenvalue weighted by Crippen LogP contribution is 2.35. The maximum atomic E-state index is 8.65. The average molecular weight is 224 g/mol. The first kappa shape index (κ1) is 10.9. The molecule has 0 amide bonds. The van der Waals surface area contributed by atoms with Crippen molar-refractivity contribution >= 4 is 19.1 Å². The standard InChI is InChI=1S/C10H13BO3S/c12-11(13)14-9-2-1-3-10(6-9)15-7-8-4-5-8/h1-3,6,8,12-13H,4-5,7H2. The Balaban J connectivity index is 1.91. The minimum Gasteiger partial charge on any atom is -0.512 e. The van der Waals surface area contributed by atoms with Crippen LogP contribution in [0.15, 0.2) is 29.2 Å². The van der Waals surface area contributed by atoms with E-state index in [1.807, 2.05) is 18.2 Å². The highest BCUT2D eigenvalue weighted by Gasteiger charge is 2.21. The Morgan fingerprint density at radius 2 is 2.20 bits per heavy atom. The molecule has 0 aromatic heterocycles. The Hall–Kier alpha value is -0.645. The van der Waals surface area contributed by atoms with Gasteiger partial charge in [-0.2, -0.15) is 0 Å². The average Bonchev–Trinajstić information content (AvgIpc) is 2.97. The molecule has 1 aliphatic rings. The van der Waals surface area contributed by atoms with Crippen LogP contribution >= 0.6 is 11.8 Å². The van der Waals surface area contributed by atoms with E-state index in [1.165, 1.54) is 12.8 Å². The van der Waals surface area contributed by atoms with Gasteiger partial charge in [-0.05, 0) is 37.0 Å². The molecule has 80 valence electrons. The molecule has 0 heterocycles. The molecule has 0 atom stereocenters. The summed E-state index contributed by atoms with van der Waals surface area (Å²) < 4.78 is 4.78. The topological polar surface area (TPSA) is 49.7 Å². The monoisotopic (exact) mass is 224 g/mol. The highest BCUT2D eigenvalue weighted by molar-refractivity contribution is 7.99. The van der Waals surface area contributed by atoms with Gasteiger partial charge >= 0.3 is 7.32 Å². The van der Waals surface area contributed by atoms with Crippen molar-refractivity contribution in [2.45, 2.75) is 17.7 Å². The van der Waals surface area contributed by atoms with Gasteiger partial charge in [0.15, 0.2) is 0 Å². The van der Waals surface area contributed by atoms with E-state index in [4.69, 9.17) is 14.7 Å². The first-order valence-electron chi connectivity index (χ1n) is 5.00. The fraction of sp³-hybridized carbons (Fsp3) is 0.400. The second-order valence-electron chi connectivity index (χ2n) is 3.67. The number of benzene rings is 1. The van der Waals surface area contributed by atoms with E-state index >= 15 is 0 Å². The summed E-state index contributed by atoms with van der Waals surface area (Å²) in [4.78, 5) is 1.11. The Bertz CT molecular complexity index is 328. The molecule has 0 radical (unpaired) electrons. The van der Waals surface area contributed by atoms with Gasteiger partial charge in [0.2, 0.25) is 0 Å². The molecule has 0 aliphatic heterocycles. The van der Waals surface area contributed by atoms with E-state index in [0.29, 0.717) is 5.75 Å². The molecule has 2 N–H and O–H groups in total. The predicted molar refractivity (Wildman–Crippen MR) is 60.7 cm³/mol. The van der Waals surface area contributed by atoms with Crippen molar-refractivity contribution in [3.05, 3.63) is 24.3 Å². The van der Waals surface area contributed by atoms with E-state index < -0.39 is 7.32 Å². The molecule has 0 saturated heterocycles. The van der Waals surface area contributed by atoms with Gasteiger partial charge in [0.1, 0.15) is 5.75 Å². The van der Waals surface area contributed by atoms with Gasteiger partial charge in [0, 0.05) is 10.6 Å². The molecule has 5 heteroatoms. The van der Waals surface area contributed by atoms with Gasteiger partial charge < -0.3 is 14.7 Å². The maximum absolute atomic E-state index is 8.65. The minimum atomic E-state index is -1.74. The number of hydrogen-bond donors (Lipinski definition) is 2. The molecule has 1 saturated carbocycles. The zero-order valence-electron chi connectivity index (χ0n) is 8.30. The largest absolute Gasteiger partial charge is 0.707 e. The molecule has 1 aromatic carbocycles. The van der Waals surface area contributed by atoms with E-state index in [2.05, 4.69) is 0 Å². The SMILES string of the molecule is OB(O)Oc1cccc(SCC2CC2)c1. The van der Waals surface area contributed by atoms with Crippen LogP contribution in [0.4, 0.5) is 0 Å². The smallest absolute Gasteiger partial charge is 0.512 e. The van der Waals surface area contributed by atoms with Crippen molar-refractivity contribution in [3.63, 3.8) is 0 Å². The Morgan fingerprint density at radius 1 is 1.40 bits per heavy atom. The summed E-state index contributed by atoms with van der Waals surface area (Å²) in [7, 11) is -1.74. The zero-order chi connectivity index (χ0) is 10.7. The molecule has 2 rings (SSSR count). The van der Waals surface area contributed by atoms with E-state index in [0.717, 1.165) is 16.6 Å². The summed E-state index contributed by atoms with van der Waals surface area (Å²) in [6, 6.07) is 7.39. The molecule has 0 unspecified atom stereocenters. The van der Waals surface area contributed by atoms with Crippen LogP contribution in [0.1, 0.15) is 12.8 Å². The molecule has 1 fully saturated rings. The molecule has 3 nitrogen and oxygen atoms in total. The summed E-state index contributed by atoms with van der Waals surface area (Å²) in [5.41, 5.74) is 0. The van der Waals surface area contributed by atoms with Crippen LogP contribution in [0.3, 0.4) is 0 Å². The lowest BCUT2D eigenvalue weighted by atomic mass is 10.2. The third kappa shape index (κ3) is 3.78. The molecular formula is C10H13BO3S. The Kier molecular flexibility index (Phi) is 3.56. The van der Waals surface area contributed by atoms with E-state index in [-0.39, 0.29) is 0 Å². The van der Waals surface area contributed by atoms with Crippen molar-refractivity contribution in [3.8, 4) is 5.75 Å². The van der Waals surface area contributed by atoms with Crippen LogP contribution in [0.25, 0.3) is 0 Å². The quantitative estimate of drug-likeness (QED) is 0.588. The first-order valence-corrected chi connectivity index (χ1v) is 5.98. The van der Waals surface area contributed by atoms with Gasteiger partial charge in [-0.3, -0.25) is 0 Å². The second-order valence-corrected chi connectivity index (χ2v) is 4.77. The molecule has 1 aliphatic carbocycles. The van der Waals surface area contributed by atoms with Crippen molar-refractivity contribution in [2.24, 2.45) is 5.92 Å². The summed E-state index contributed by atoms with van der Waals surface area (Å²) in [6.07, 6.45) is 2.69. The number of thioether (sulfide) groups is 1. The lowest BCUT2D eigenvalue weighted by molar-refractivity contribution is 0.288. The molecular weight excluding hydrogens is 211 g/mol. The lowest BCUT2D eigenvalue weighted by Crippen LogP contribution is -2.20. The normalized spacial score (nSPS) is 15.1. The lowest BCUT2D eigenvalue weighted by Gasteiger charge is -2.06. The van der Waals surface area contributed by atoms with E-state index in [1.54, 1.807) is 17.8 Å².